The Balaban J connectivity index is 1.43. The van der Waals surface area contributed by atoms with Crippen LogP contribution in [0.2, 0.25) is 0 Å². The SMILES string of the molecule is Fc1ccc(-c2cc3ncnc(NCc4ccc5c(c4)OCO5)c3s2)cc1F. The molecule has 0 aliphatic carbocycles. The second-order valence-corrected chi connectivity index (χ2v) is 7.27. The fourth-order valence-corrected chi connectivity index (χ4v) is 4.08. The fourth-order valence-electron chi connectivity index (χ4n) is 3.01. The molecule has 0 fully saturated rings. The van der Waals surface area contributed by atoms with Gasteiger partial charge in [-0.2, -0.15) is 0 Å². The lowest BCUT2D eigenvalue weighted by atomic mass is 10.2. The number of fused-ring (bicyclic) bond motifs is 2. The van der Waals surface area contributed by atoms with E-state index >= 15 is 0 Å². The fraction of sp³-hybridized carbons (Fsp3) is 0.100. The van der Waals surface area contributed by atoms with Crippen molar-refractivity contribution in [2.75, 3.05) is 12.1 Å². The standard InChI is InChI=1S/C20H13F2N3O2S/c21-13-3-2-12(6-14(13)22)18-7-15-19(28-18)20(25-9-24-15)23-8-11-1-4-16-17(5-11)27-10-26-16/h1-7,9H,8,10H2,(H,23,24,25). The molecule has 0 spiro atoms. The third-order valence-electron chi connectivity index (χ3n) is 4.41. The molecule has 5 nitrogen and oxygen atoms in total. The van der Waals surface area contributed by atoms with Crippen LogP contribution in [0.1, 0.15) is 5.56 Å². The van der Waals surface area contributed by atoms with Crippen molar-refractivity contribution < 1.29 is 18.3 Å². The van der Waals surface area contributed by atoms with Gasteiger partial charge in [0.25, 0.3) is 0 Å². The zero-order valence-electron chi connectivity index (χ0n) is 14.4. The summed E-state index contributed by atoms with van der Waals surface area (Å²) in [6, 6.07) is 11.5. The summed E-state index contributed by atoms with van der Waals surface area (Å²) in [5.41, 5.74) is 2.37. The lowest BCUT2D eigenvalue weighted by Gasteiger charge is -2.07. The highest BCUT2D eigenvalue weighted by molar-refractivity contribution is 7.22. The molecule has 2 aromatic carbocycles. The van der Waals surface area contributed by atoms with Gasteiger partial charge >= 0.3 is 0 Å². The Kier molecular flexibility index (Phi) is 4.05. The maximum atomic E-state index is 13.6. The average molecular weight is 397 g/mol. The van der Waals surface area contributed by atoms with Crippen LogP contribution in [-0.2, 0) is 6.54 Å². The van der Waals surface area contributed by atoms with Crippen molar-refractivity contribution in [3.8, 4) is 21.9 Å². The number of hydrogen-bond donors (Lipinski definition) is 1. The lowest BCUT2D eigenvalue weighted by molar-refractivity contribution is 0.174. The topological polar surface area (TPSA) is 56.3 Å². The first-order chi connectivity index (χ1) is 13.7. The van der Waals surface area contributed by atoms with Crippen molar-refractivity contribution in [3.05, 3.63) is 66.0 Å². The third kappa shape index (κ3) is 3.01. The number of nitrogens with one attached hydrogen (secondary N) is 1. The number of aromatic nitrogens is 2. The molecule has 1 aliphatic rings. The van der Waals surface area contributed by atoms with Crippen LogP contribution in [0, 0.1) is 11.6 Å². The van der Waals surface area contributed by atoms with E-state index in [0.717, 1.165) is 38.2 Å². The molecule has 28 heavy (non-hydrogen) atoms. The van der Waals surface area contributed by atoms with Gasteiger partial charge in [-0.05, 0) is 41.5 Å². The molecule has 0 radical (unpaired) electrons. The maximum absolute atomic E-state index is 13.6. The molecule has 3 heterocycles. The highest BCUT2D eigenvalue weighted by Gasteiger charge is 2.15. The Morgan fingerprint density at radius 2 is 1.86 bits per heavy atom. The van der Waals surface area contributed by atoms with E-state index in [1.807, 2.05) is 24.3 Å². The second kappa shape index (κ2) is 6.72. The molecule has 0 saturated heterocycles. The molecule has 140 valence electrons. The average Bonchev–Trinajstić information content (AvgIpc) is 3.34. The van der Waals surface area contributed by atoms with Gasteiger partial charge in [-0.1, -0.05) is 12.1 Å². The van der Waals surface area contributed by atoms with Gasteiger partial charge < -0.3 is 14.8 Å². The van der Waals surface area contributed by atoms with Gasteiger partial charge in [0.05, 0.1) is 10.2 Å². The molecule has 1 N–H and O–H groups in total. The molecule has 0 saturated carbocycles. The zero-order valence-corrected chi connectivity index (χ0v) is 15.2. The van der Waals surface area contributed by atoms with E-state index < -0.39 is 11.6 Å². The number of rotatable bonds is 4. The molecular weight excluding hydrogens is 384 g/mol. The van der Waals surface area contributed by atoms with Gasteiger partial charge in [0.1, 0.15) is 12.1 Å². The molecular formula is C20H13F2N3O2S. The summed E-state index contributed by atoms with van der Waals surface area (Å²) in [7, 11) is 0. The first-order valence-electron chi connectivity index (χ1n) is 8.50. The minimum atomic E-state index is -0.873. The Labute approximate surface area is 162 Å². The van der Waals surface area contributed by atoms with E-state index in [9.17, 15) is 8.78 Å². The van der Waals surface area contributed by atoms with Crippen molar-refractivity contribution in [2.24, 2.45) is 0 Å². The van der Waals surface area contributed by atoms with Gasteiger partial charge in [-0.3, -0.25) is 0 Å². The molecule has 8 heteroatoms. The number of ether oxygens (including phenoxy) is 2. The second-order valence-electron chi connectivity index (χ2n) is 6.22. The smallest absolute Gasteiger partial charge is 0.231 e. The summed E-state index contributed by atoms with van der Waals surface area (Å²) in [5.74, 6) is 0.408. The minimum Gasteiger partial charge on any atom is -0.454 e. The van der Waals surface area contributed by atoms with Gasteiger partial charge in [0.2, 0.25) is 6.79 Å². The van der Waals surface area contributed by atoms with E-state index in [1.54, 1.807) is 6.07 Å². The number of hydrogen-bond acceptors (Lipinski definition) is 6. The van der Waals surface area contributed by atoms with Crippen LogP contribution < -0.4 is 14.8 Å². The number of thiophene rings is 1. The molecule has 2 aromatic heterocycles. The monoisotopic (exact) mass is 397 g/mol. The summed E-state index contributed by atoms with van der Waals surface area (Å²) in [5, 5.41) is 3.31. The van der Waals surface area contributed by atoms with Crippen LogP contribution >= 0.6 is 11.3 Å². The largest absolute Gasteiger partial charge is 0.454 e. The molecule has 0 amide bonds. The maximum Gasteiger partial charge on any atom is 0.231 e. The predicted molar refractivity (Wildman–Crippen MR) is 103 cm³/mol. The number of nitrogens with zero attached hydrogens (tertiary/aromatic N) is 2. The van der Waals surface area contributed by atoms with Crippen LogP contribution in [0.5, 0.6) is 11.5 Å². The highest BCUT2D eigenvalue weighted by Crippen LogP contribution is 2.37. The summed E-state index contributed by atoms with van der Waals surface area (Å²) < 4.78 is 38.4. The van der Waals surface area contributed by atoms with E-state index in [-0.39, 0.29) is 6.79 Å². The third-order valence-corrected chi connectivity index (χ3v) is 5.59. The predicted octanol–water partition coefficient (Wildman–Crippen LogP) is 4.98. The van der Waals surface area contributed by atoms with Gasteiger partial charge in [0, 0.05) is 11.4 Å². The minimum absolute atomic E-state index is 0.237. The van der Waals surface area contributed by atoms with Gasteiger partial charge in [0.15, 0.2) is 23.1 Å². The Morgan fingerprint density at radius 3 is 2.75 bits per heavy atom. The number of anilines is 1. The van der Waals surface area contributed by atoms with Crippen molar-refractivity contribution in [2.45, 2.75) is 6.54 Å². The van der Waals surface area contributed by atoms with Crippen LogP contribution in [0.25, 0.3) is 20.7 Å². The van der Waals surface area contributed by atoms with Crippen molar-refractivity contribution in [1.29, 1.82) is 0 Å². The molecule has 4 aromatic rings. The van der Waals surface area contributed by atoms with E-state index in [2.05, 4.69) is 15.3 Å². The van der Waals surface area contributed by atoms with E-state index in [0.29, 0.717) is 17.9 Å². The van der Waals surface area contributed by atoms with E-state index in [4.69, 9.17) is 9.47 Å². The molecule has 0 atom stereocenters. The zero-order chi connectivity index (χ0) is 19.1. The van der Waals surface area contributed by atoms with Crippen molar-refractivity contribution >= 4 is 27.4 Å². The molecule has 1 aliphatic heterocycles. The Bertz CT molecular complexity index is 1200. The normalized spacial score (nSPS) is 12.5. The molecule has 5 rings (SSSR count). The lowest BCUT2D eigenvalue weighted by Crippen LogP contribution is -2.01. The highest BCUT2D eigenvalue weighted by atomic mass is 32.1. The van der Waals surface area contributed by atoms with Crippen molar-refractivity contribution in [1.82, 2.24) is 9.97 Å². The molecule has 0 unspecified atom stereocenters. The quantitative estimate of drug-likeness (QED) is 0.527. The van der Waals surface area contributed by atoms with Crippen LogP contribution in [0.4, 0.5) is 14.6 Å². The molecule has 0 bridgehead atoms. The summed E-state index contributed by atoms with van der Waals surface area (Å²) >= 11 is 1.43. The Hall–Kier alpha value is -3.26. The van der Waals surface area contributed by atoms with Crippen LogP contribution in [0.15, 0.2) is 48.8 Å². The number of halogens is 2. The summed E-state index contributed by atoms with van der Waals surface area (Å²) in [6.45, 7) is 0.780. The van der Waals surface area contributed by atoms with Gasteiger partial charge in [-0.25, -0.2) is 18.7 Å². The summed E-state index contributed by atoms with van der Waals surface area (Å²) in [4.78, 5) is 9.41. The van der Waals surface area contributed by atoms with E-state index in [1.165, 1.54) is 23.7 Å². The van der Waals surface area contributed by atoms with Crippen LogP contribution in [0.3, 0.4) is 0 Å². The summed E-state index contributed by atoms with van der Waals surface area (Å²) in [6.07, 6.45) is 1.48. The van der Waals surface area contributed by atoms with Crippen LogP contribution in [-0.4, -0.2) is 16.8 Å². The first kappa shape index (κ1) is 16.9. The first-order valence-corrected chi connectivity index (χ1v) is 9.31. The number of benzene rings is 2. The van der Waals surface area contributed by atoms with Crippen molar-refractivity contribution in [3.63, 3.8) is 0 Å². The Morgan fingerprint density at radius 1 is 0.964 bits per heavy atom. The van der Waals surface area contributed by atoms with Gasteiger partial charge in [-0.15, -0.1) is 11.3 Å².